The summed E-state index contributed by atoms with van der Waals surface area (Å²) in [6.45, 7) is 28.6. The lowest BCUT2D eigenvalue weighted by Crippen LogP contribution is -2.36. The Labute approximate surface area is 454 Å². The average molecular weight is 1050 g/mol. The minimum Gasteiger partial charge on any atom is -0.444 e. The molecule has 76 heavy (non-hydrogen) atoms. The number of nitrogens with two attached hydrogens (primary N) is 2. The van der Waals surface area contributed by atoms with Gasteiger partial charge in [-0.15, -0.1) is 0 Å². The quantitative estimate of drug-likeness (QED) is 0.0548. The summed E-state index contributed by atoms with van der Waals surface area (Å²) < 4.78 is 9.93. The highest BCUT2D eigenvalue weighted by molar-refractivity contribution is 5.90. The SMILES string of the molecule is C.CC.CC.CCCN(CCC)c1ccc2c(c1)nc(CN(Cc1ccc(/C=C/C(N)=O)cc1)C(=O)OC(C)(C)C)n2C.CCCN(CCC)c1ccc2c(c1)nc(CNCc1ccc(/C=C/C(N)=O)cc1)n2C.O.O. The van der Waals surface area contributed by atoms with Gasteiger partial charge < -0.3 is 51.4 Å². The Hall–Kier alpha value is -7.01. The first-order valence-corrected chi connectivity index (χ1v) is 26.2. The number of anilines is 2. The number of hydrogen-bond donors (Lipinski definition) is 3. The molecule has 2 aromatic heterocycles. The number of aromatic nitrogens is 4. The number of carbonyl (C=O) groups is 3. The fourth-order valence-electron chi connectivity index (χ4n) is 8.05. The predicted octanol–water partition coefficient (Wildman–Crippen LogP) is 10.7. The topological polar surface area (TPSA) is 233 Å². The summed E-state index contributed by atoms with van der Waals surface area (Å²) in [4.78, 5) is 51.4. The van der Waals surface area contributed by atoms with Crippen molar-refractivity contribution in [3.05, 3.63) is 131 Å². The van der Waals surface area contributed by atoms with Crippen molar-refractivity contribution in [3.8, 4) is 0 Å². The summed E-state index contributed by atoms with van der Waals surface area (Å²) in [6.07, 6.45) is 10.1. The first-order chi connectivity index (χ1) is 35.0. The summed E-state index contributed by atoms with van der Waals surface area (Å²) in [6, 6.07) is 28.7. The van der Waals surface area contributed by atoms with Gasteiger partial charge in [-0.2, -0.15) is 0 Å². The Kier molecular flexibility index (Phi) is 32.0. The van der Waals surface area contributed by atoms with E-state index in [1.807, 2.05) is 109 Å². The molecule has 0 bridgehead atoms. The Morgan fingerprint density at radius 2 is 0.987 bits per heavy atom. The lowest BCUT2D eigenvalue weighted by Gasteiger charge is -2.27. The van der Waals surface area contributed by atoms with Crippen molar-refractivity contribution in [2.24, 2.45) is 25.6 Å². The second kappa shape index (κ2) is 35.3. The van der Waals surface area contributed by atoms with Crippen molar-refractivity contribution >= 4 is 63.5 Å². The monoisotopic (exact) mass is 1050 g/mol. The van der Waals surface area contributed by atoms with E-state index in [2.05, 4.69) is 90.8 Å². The fourth-order valence-corrected chi connectivity index (χ4v) is 8.05. The van der Waals surface area contributed by atoms with Crippen LogP contribution in [-0.2, 0) is 54.6 Å². The van der Waals surface area contributed by atoms with Crippen molar-refractivity contribution in [2.75, 3.05) is 36.0 Å². The molecule has 0 fully saturated rings. The van der Waals surface area contributed by atoms with E-state index >= 15 is 0 Å². The second-order valence-electron chi connectivity index (χ2n) is 18.4. The third-order valence-corrected chi connectivity index (χ3v) is 11.4. The number of carbonyl (C=O) groups excluding carboxylic acids is 3. The van der Waals surface area contributed by atoms with Gasteiger partial charge in [0.15, 0.2) is 0 Å². The number of imidazole rings is 2. The molecule has 3 amide bonds. The molecule has 16 nitrogen and oxygen atoms in total. The van der Waals surface area contributed by atoms with Gasteiger partial charge >= 0.3 is 6.09 Å². The van der Waals surface area contributed by atoms with E-state index in [1.54, 1.807) is 17.1 Å². The molecule has 0 saturated carbocycles. The molecule has 0 aliphatic heterocycles. The molecule has 0 atom stereocenters. The number of ether oxygens (including phenoxy) is 1. The average Bonchev–Trinajstić information content (AvgIpc) is 3.86. The predicted molar refractivity (Wildman–Crippen MR) is 319 cm³/mol. The molecule has 6 rings (SSSR count). The molecule has 0 radical (unpaired) electrons. The van der Waals surface area contributed by atoms with Crippen molar-refractivity contribution < 1.29 is 30.1 Å². The highest BCUT2D eigenvalue weighted by Crippen LogP contribution is 2.26. The van der Waals surface area contributed by atoms with Crippen LogP contribution >= 0.6 is 0 Å². The van der Waals surface area contributed by atoms with Crippen LogP contribution in [0.1, 0.15) is 143 Å². The molecule has 0 aliphatic rings. The van der Waals surface area contributed by atoms with Crippen molar-refractivity contribution in [1.82, 2.24) is 29.3 Å². The zero-order valence-electron chi connectivity index (χ0n) is 47.3. The first kappa shape index (κ1) is 69.0. The number of nitrogens with one attached hydrogen (secondary N) is 1. The van der Waals surface area contributed by atoms with Crippen LogP contribution in [0.3, 0.4) is 0 Å². The molecule has 0 spiro atoms. The van der Waals surface area contributed by atoms with Crippen LogP contribution in [0.5, 0.6) is 0 Å². The van der Waals surface area contributed by atoms with E-state index in [-0.39, 0.29) is 18.4 Å². The van der Waals surface area contributed by atoms with Gasteiger partial charge in [0.2, 0.25) is 11.8 Å². The number of rotatable bonds is 22. The lowest BCUT2D eigenvalue weighted by molar-refractivity contribution is -0.114. The van der Waals surface area contributed by atoms with E-state index in [0.717, 1.165) is 109 Å². The van der Waals surface area contributed by atoms with Crippen LogP contribution in [0.25, 0.3) is 34.2 Å². The van der Waals surface area contributed by atoms with Crippen LogP contribution in [-0.4, -0.2) is 84.6 Å². The minimum absolute atomic E-state index is 0. The molecule has 16 heteroatoms. The number of benzene rings is 4. The number of fused-ring (bicyclic) bond motifs is 2. The van der Waals surface area contributed by atoms with Gasteiger partial charge in [-0.05, 0) is 117 Å². The molecule has 0 unspecified atom stereocenters. The highest BCUT2D eigenvalue weighted by atomic mass is 16.6. The van der Waals surface area contributed by atoms with E-state index < -0.39 is 23.5 Å². The molecular formula is C60H94N10O6. The summed E-state index contributed by atoms with van der Waals surface area (Å²) in [7, 11) is 4.05. The van der Waals surface area contributed by atoms with Crippen molar-refractivity contribution in [2.45, 2.75) is 141 Å². The first-order valence-electron chi connectivity index (χ1n) is 26.2. The van der Waals surface area contributed by atoms with Crippen LogP contribution in [0, 0.1) is 0 Å². The summed E-state index contributed by atoms with van der Waals surface area (Å²) in [5.74, 6) is 0.860. The summed E-state index contributed by atoms with van der Waals surface area (Å²) >= 11 is 0. The van der Waals surface area contributed by atoms with E-state index in [1.165, 1.54) is 29.1 Å². The normalized spacial score (nSPS) is 10.7. The smallest absolute Gasteiger partial charge is 0.410 e. The van der Waals surface area contributed by atoms with Gasteiger partial charge in [0.25, 0.3) is 0 Å². The van der Waals surface area contributed by atoms with Crippen LogP contribution in [0.4, 0.5) is 16.2 Å². The molecule has 4 aromatic carbocycles. The zero-order chi connectivity index (χ0) is 54.1. The number of hydrogen-bond acceptors (Lipinski definition) is 9. The summed E-state index contributed by atoms with van der Waals surface area (Å²) in [5.41, 5.74) is 20.1. The Balaban J connectivity index is 0.00000136. The van der Waals surface area contributed by atoms with Gasteiger partial charge in [-0.1, -0.05) is 111 Å². The van der Waals surface area contributed by atoms with E-state index in [0.29, 0.717) is 19.6 Å². The number of aryl methyl sites for hydroxylation is 2. The maximum Gasteiger partial charge on any atom is 0.410 e. The maximum atomic E-state index is 13.2. The summed E-state index contributed by atoms with van der Waals surface area (Å²) in [5, 5.41) is 3.48. The number of primary amides is 2. The zero-order valence-corrected chi connectivity index (χ0v) is 47.3. The van der Waals surface area contributed by atoms with E-state index in [9.17, 15) is 14.4 Å². The third kappa shape index (κ3) is 21.7. The van der Waals surface area contributed by atoms with Crippen LogP contribution < -0.4 is 26.6 Å². The second-order valence-corrected chi connectivity index (χ2v) is 18.4. The lowest BCUT2D eigenvalue weighted by atomic mass is 10.1. The van der Waals surface area contributed by atoms with Crippen molar-refractivity contribution in [3.63, 3.8) is 0 Å². The van der Waals surface area contributed by atoms with Gasteiger partial charge in [-0.25, -0.2) is 14.8 Å². The molecular weight excluding hydrogens is 957 g/mol. The Morgan fingerprint density at radius 1 is 0.592 bits per heavy atom. The molecule has 6 aromatic rings. The number of nitrogens with zero attached hydrogens (tertiary/aromatic N) is 7. The third-order valence-electron chi connectivity index (χ3n) is 11.4. The van der Waals surface area contributed by atoms with Crippen molar-refractivity contribution in [1.29, 1.82) is 0 Å². The van der Waals surface area contributed by atoms with Crippen LogP contribution in [0.15, 0.2) is 97.1 Å². The molecule has 9 N–H and O–H groups in total. The largest absolute Gasteiger partial charge is 0.444 e. The van der Waals surface area contributed by atoms with Gasteiger partial charge in [-0.3, -0.25) is 14.5 Å². The van der Waals surface area contributed by atoms with Gasteiger partial charge in [0.05, 0.1) is 35.2 Å². The van der Waals surface area contributed by atoms with Gasteiger partial charge in [0.1, 0.15) is 17.2 Å². The van der Waals surface area contributed by atoms with E-state index in [4.69, 9.17) is 26.2 Å². The molecule has 0 aliphatic carbocycles. The molecule has 2 heterocycles. The standard InChI is InChI=1S/C30H41N5O3.C25H33N5O.2C2H6.CH4.2H2O/c1-7-17-34(18-8-2)24-14-15-26-25(19-24)32-28(33(26)6)21-35(29(37)38-30(3,4)5)20-23-11-9-22(10-12-23)13-16-27(31)36;1-4-14-30(15-5-2)21-11-12-23-22(16-21)28-25(29(23)3)18-27-17-20-8-6-19(7-9-20)10-13-24(26)31;2*1-2;;;/h9-16,19H,7-8,17-18,20-21H2,1-6H3,(H2,31,36);6-13,16,27H,4-5,14-15,17-18H2,1-3H3,(H2,26,31);2*1-2H3;1H4;2*1H2/b16-13+;13-10+;;;;;. The Bertz CT molecular complexity index is 2670. The molecule has 0 saturated heterocycles. The fraction of sp³-hybridized carbons (Fsp3) is 0.450. The maximum absolute atomic E-state index is 13.2. The van der Waals surface area contributed by atoms with Gasteiger partial charge in [0, 0.05) is 76.9 Å². The van der Waals surface area contributed by atoms with Crippen LogP contribution in [0.2, 0.25) is 0 Å². The molecule has 420 valence electrons. The Morgan fingerprint density at radius 3 is 1.38 bits per heavy atom. The minimum atomic E-state index is -0.623. The number of amides is 3. The highest BCUT2D eigenvalue weighted by Gasteiger charge is 2.25.